The smallest absolute Gasteiger partial charge is 0.131 e. The van der Waals surface area contributed by atoms with Crippen LogP contribution in [0.4, 0.5) is 4.39 Å². The quantitative estimate of drug-likeness (QED) is 0.661. The minimum atomic E-state index is -0.148. The minimum absolute atomic E-state index is 0.133. The van der Waals surface area contributed by atoms with Crippen LogP contribution in [-0.2, 0) is 5.41 Å². The third kappa shape index (κ3) is 2.17. The van der Waals surface area contributed by atoms with Crippen molar-refractivity contribution in [3.8, 4) is 10.4 Å². The fraction of sp³-hybridized carbons (Fsp3) is 0.286. The van der Waals surface area contributed by atoms with E-state index in [1.54, 1.807) is 17.4 Å². The molecule has 1 aromatic carbocycles. The van der Waals surface area contributed by atoms with Crippen molar-refractivity contribution in [1.82, 2.24) is 0 Å². The van der Waals surface area contributed by atoms with Crippen LogP contribution in [0, 0.1) is 5.82 Å². The van der Waals surface area contributed by atoms with Crippen LogP contribution in [0.3, 0.4) is 0 Å². The molecule has 0 fully saturated rings. The summed E-state index contributed by atoms with van der Waals surface area (Å²) in [5.41, 5.74) is 0.830. The predicted octanol–water partition coefficient (Wildman–Crippen LogP) is 4.85. The molecule has 0 unspecified atom stereocenters. The van der Waals surface area contributed by atoms with E-state index in [0.717, 1.165) is 4.88 Å². The monoisotopic (exact) mass is 234 g/mol. The fourth-order valence-electron chi connectivity index (χ4n) is 1.55. The van der Waals surface area contributed by atoms with Crippen LogP contribution in [0.2, 0.25) is 0 Å². The van der Waals surface area contributed by atoms with Crippen molar-refractivity contribution < 1.29 is 4.39 Å². The van der Waals surface area contributed by atoms with Crippen molar-refractivity contribution in [2.45, 2.75) is 26.2 Å². The summed E-state index contributed by atoms with van der Waals surface area (Å²) in [6, 6.07) is 11.0. The third-order valence-corrected chi connectivity index (χ3v) is 4.03. The Balaban J connectivity index is 2.44. The number of benzene rings is 1. The van der Waals surface area contributed by atoms with Crippen molar-refractivity contribution in [3.63, 3.8) is 0 Å². The highest BCUT2D eigenvalue weighted by Gasteiger charge is 2.17. The molecule has 2 aromatic rings. The first-order valence-electron chi connectivity index (χ1n) is 5.34. The number of hydrogen-bond donors (Lipinski definition) is 0. The summed E-state index contributed by atoms with van der Waals surface area (Å²) in [6.07, 6.45) is 0. The highest BCUT2D eigenvalue weighted by Crippen LogP contribution is 2.35. The maximum Gasteiger partial charge on any atom is 0.131 e. The molecule has 0 aliphatic heterocycles. The second-order valence-corrected chi connectivity index (χ2v) is 5.98. The molecule has 0 nitrogen and oxygen atoms in total. The first-order valence-corrected chi connectivity index (χ1v) is 6.15. The average Bonchev–Trinajstić information content (AvgIpc) is 2.66. The lowest BCUT2D eigenvalue weighted by Crippen LogP contribution is -2.07. The largest absolute Gasteiger partial charge is 0.206 e. The van der Waals surface area contributed by atoms with E-state index < -0.39 is 0 Å². The average molecular weight is 234 g/mol. The Morgan fingerprint density at radius 2 is 1.69 bits per heavy atom. The van der Waals surface area contributed by atoms with Gasteiger partial charge in [0, 0.05) is 15.3 Å². The Bertz CT molecular complexity index is 491. The lowest BCUT2D eigenvalue weighted by atomic mass is 9.95. The van der Waals surface area contributed by atoms with Gasteiger partial charge in [0.2, 0.25) is 0 Å². The molecule has 0 radical (unpaired) electrons. The van der Waals surface area contributed by atoms with Crippen LogP contribution < -0.4 is 0 Å². The molecule has 1 aromatic heterocycles. The standard InChI is InChI=1S/C14H15FS/c1-14(2,3)13-9-8-12(16-13)10-6-4-5-7-11(10)15/h4-9H,1-3H3. The van der Waals surface area contributed by atoms with E-state index in [-0.39, 0.29) is 11.2 Å². The van der Waals surface area contributed by atoms with Gasteiger partial charge in [0.05, 0.1) is 0 Å². The predicted molar refractivity (Wildman–Crippen MR) is 68.4 cm³/mol. The lowest BCUT2D eigenvalue weighted by Gasteiger charge is -2.15. The normalized spacial score (nSPS) is 11.8. The first kappa shape index (κ1) is 11.3. The van der Waals surface area contributed by atoms with Crippen LogP contribution in [-0.4, -0.2) is 0 Å². The van der Waals surface area contributed by atoms with E-state index in [2.05, 4.69) is 26.8 Å². The number of halogens is 1. The maximum absolute atomic E-state index is 13.6. The molecule has 0 saturated carbocycles. The molecule has 0 N–H and O–H groups in total. The fourth-order valence-corrected chi connectivity index (χ4v) is 2.64. The van der Waals surface area contributed by atoms with Gasteiger partial charge < -0.3 is 0 Å². The van der Waals surface area contributed by atoms with Crippen LogP contribution >= 0.6 is 11.3 Å². The highest BCUT2D eigenvalue weighted by atomic mass is 32.1. The Hall–Kier alpha value is -1.15. The molecule has 0 saturated heterocycles. The number of hydrogen-bond acceptors (Lipinski definition) is 1. The maximum atomic E-state index is 13.6. The molecule has 0 aliphatic rings. The van der Waals surface area contributed by atoms with Crippen molar-refractivity contribution in [1.29, 1.82) is 0 Å². The molecule has 0 bridgehead atoms. The molecule has 0 aliphatic carbocycles. The summed E-state index contributed by atoms with van der Waals surface area (Å²) >= 11 is 1.67. The van der Waals surface area contributed by atoms with Gasteiger partial charge in [-0.15, -0.1) is 11.3 Å². The van der Waals surface area contributed by atoms with Crippen molar-refractivity contribution >= 4 is 11.3 Å². The molecule has 84 valence electrons. The second-order valence-electron chi connectivity index (χ2n) is 4.89. The van der Waals surface area contributed by atoms with Gasteiger partial charge in [0.15, 0.2) is 0 Å². The molecule has 2 rings (SSSR count). The van der Waals surface area contributed by atoms with E-state index in [1.165, 1.54) is 10.9 Å². The molecule has 0 atom stereocenters. The molecule has 0 spiro atoms. The Morgan fingerprint density at radius 1 is 1.00 bits per heavy atom. The van der Waals surface area contributed by atoms with Gasteiger partial charge in [0.1, 0.15) is 5.82 Å². The summed E-state index contributed by atoms with van der Waals surface area (Å²) in [6.45, 7) is 6.51. The summed E-state index contributed by atoms with van der Waals surface area (Å²) in [7, 11) is 0. The van der Waals surface area contributed by atoms with Gasteiger partial charge in [-0.05, 0) is 23.6 Å². The summed E-state index contributed by atoms with van der Waals surface area (Å²) in [4.78, 5) is 2.29. The topological polar surface area (TPSA) is 0 Å². The van der Waals surface area contributed by atoms with Crippen molar-refractivity contribution in [2.75, 3.05) is 0 Å². The van der Waals surface area contributed by atoms with Gasteiger partial charge in [-0.25, -0.2) is 4.39 Å². The van der Waals surface area contributed by atoms with E-state index in [9.17, 15) is 4.39 Å². The van der Waals surface area contributed by atoms with Gasteiger partial charge >= 0.3 is 0 Å². The molecule has 0 amide bonds. The molecule has 16 heavy (non-hydrogen) atoms. The van der Waals surface area contributed by atoms with Crippen LogP contribution in [0.5, 0.6) is 0 Å². The molecule has 1 heterocycles. The summed E-state index contributed by atoms with van der Waals surface area (Å²) < 4.78 is 13.6. The van der Waals surface area contributed by atoms with Crippen molar-refractivity contribution in [3.05, 3.63) is 47.1 Å². The second kappa shape index (κ2) is 4.02. The van der Waals surface area contributed by atoms with Crippen LogP contribution in [0.25, 0.3) is 10.4 Å². The van der Waals surface area contributed by atoms with Gasteiger partial charge in [-0.3, -0.25) is 0 Å². The molecule has 2 heteroatoms. The first-order chi connectivity index (χ1) is 7.48. The molecular formula is C14H15FS. The molecular weight excluding hydrogens is 219 g/mol. The van der Waals surface area contributed by atoms with Crippen LogP contribution in [0.15, 0.2) is 36.4 Å². The van der Waals surface area contributed by atoms with Gasteiger partial charge in [-0.1, -0.05) is 39.0 Å². The Kier molecular flexibility index (Phi) is 2.85. The highest BCUT2D eigenvalue weighted by molar-refractivity contribution is 7.15. The number of thiophene rings is 1. The van der Waals surface area contributed by atoms with E-state index in [0.29, 0.717) is 5.56 Å². The van der Waals surface area contributed by atoms with E-state index in [1.807, 2.05) is 18.2 Å². The minimum Gasteiger partial charge on any atom is -0.206 e. The van der Waals surface area contributed by atoms with Crippen LogP contribution in [0.1, 0.15) is 25.6 Å². The van der Waals surface area contributed by atoms with E-state index in [4.69, 9.17) is 0 Å². The number of rotatable bonds is 1. The van der Waals surface area contributed by atoms with Gasteiger partial charge in [-0.2, -0.15) is 0 Å². The van der Waals surface area contributed by atoms with Gasteiger partial charge in [0.25, 0.3) is 0 Å². The summed E-state index contributed by atoms with van der Waals surface area (Å²) in [5.74, 6) is -0.148. The lowest BCUT2D eigenvalue weighted by molar-refractivity contribution is 0.604. The van der Waals surface area contributed by atoms with Crippen molar-refractivity contribution in [2.24, 2.45) is 0 Å². The van der Waals surface area contributed by atoms with E-state index >= 15 is 0 Å². The Morgan fingerprint density at radius 3 is 2.25 bits per heavy atom. The zero-order valence-corrected chi connectivity index (χ0v) is 10.6. The Labute approximate surface area is 99.8 Å². The zero-order chi connectivity index (χ0) is 11.8. The SMILES string of the molecule is CC(C)(C)c1ccc(-c2ccccc2F)s1. The third-order valence-electron chi connectivity index (χ3n) is 2.48. The zero-order valence-electron chi connectivity index (χ0n) is 9.75. The summed E-state index contributed by atoms with van der Waals surface area (Å²) in [5, 5.41) is 0.